The minimum Gasteiger partial charge on any atom is -0.497 e. The summed E-state index contributed by atoms with van der Waals surface area (Å²) in [6.45, 7) is 0.105. The number of hydrogen-bond acceptors (Lipinski definition) is 6. The number of β-lactam (4-membered cyclic amide) rings is 1. The largest absolute Gasteiger partial charge is 0.497 e. The van der Waals surface area contributed by atoms with Gasteiger partial charge in [0, 0.05) is 11.6 Å². The predicted octanol–water partition coefficient (Wildman–Crippen LogP) is 1.47. The van der Waals surface area contributed by atoms with Crippen molar-refractivity contribution >= 4 is 35.2 Å². The maximum absolute atomic E-state index is 12.5. The Kier molecular flexibility index (Phi) is 5.03. The van der Waals surface area contributed by atoms with Crippen LogP contribution in [0.15, 0.2) is 35.5 Å². The standard InChI is InChI=1S/C16H17ClN2O4S/c1-22-11-4-2-9(3-5-11)7-23-16(21)13-10(6-17)8-24-15-12(18)14(20)19(13)15/h2-5,12,15H,6-8,18H2,1H3/t12-,15-/m0/s1. The van der Waals surface area contributed by atoms with Gasteiger partial charge >= 0.3 is 5.97 Å². The number of alkyl halides is 1. The third-order valence-corrected chi connectivity index (χ3v) is 5.66. The Balaban J connectivity index is 1.72. The van der Waals surface area contributed by atoms with Crippen LogP contribution >= 0.6 is 23.4 Å². The smallest absolute Gasteiger partial charge is 0.355 e. The van der Waals surface area contributed by atoms with E-state index in [9.17, 15) is 9.59 Å². The van der Waals surface area contributed by atoms with E-state index in [0.717, 1.165) is 11.3 Å². The number of carbonyl (C=O) groups is 2. The van der Waals surface area contributed by atoms with Crippen molar-refractivity contribution in [2.45, 2.75) is 18.0 Å². The molecule has 2 aliphatic rings. The van der Waals surface area contributed by atoms with Crippen LogP contribution in [0.3, 0.4) is 0 Å². The van der Waals surface area contributed by atoms with Crippen LogP contribution in [0, 0.1) is 0 Å². The fourth-order valence-electron chi connectivity index (χ4n) is 2.61. The molecule has 1 amide bonds. The van der Waals surface area contributed by atoms with Gasteiger partial charge < -0.3 is 15.2 Å². The molecule has 1 saturated heterocycles. The molecule has 8 heteroatoms. The first-order valence-electron chi connectivity index (χ1n) is 7.35. The molecule has 2 atom stereocenters. The number of ether oxygens (including phenoxy) is 2. The topological polar surface area (TPSA) is 81.9 Å². The van der Waals surface area contributed by atoms with E-state index in [1.807, 2.05) is 12.1 Å². The highest BCUT2D eigenvalue weighted by atomic mass is 35.5. The molecule has 0 aromatic heterocycles. The van der Waals surface area contributed by atoms with E-state index in [0.29, 0.717) is 11.3 Å². The average molecular weight is 369 g/mol. The second-order valence-corrected chi connectivity index (χ2v) is 6.82. The molecule has 0 unspecified atom stereocenters. The van der Waals surface area contributed by atoms with Gasteiger partial charge in [-0.05, 0) is 23.3 Å². The summed E-state index contributed by atoms with van der Waals surface area (Å²) in [6.07, 6.45) is 0. The lowest BCUT2D eigenvalue weighted by Crippen LogP contribution is -2.68. The van der Waals surface area contributed by atoms with Crippen LogP contribution < -0.4 is 10.5 Å². The number of hydrogen-bond donors (Lipinski definition) is 1. The van der Waals surface area contributed by atoms with Gasteiger partial charge in [0.25, 0.3) is 0 Å². The van der Waals surface area contributed by atoms with E-state index in [4.69, 9.17) is 26.8 Å². The number of rotatable bonds is 5. The Hall–Kier alpha value is -1.70. The van der Waals surface area contributed by atoms with Gasteiger partial charge in [0.1, 0.15) is 29.5 Å². The maximum Gasteiger partial charge on any atom is 0.355 e. The Morgan fingerprint density at radius 3 is 2.75 bits per heavy atom. The first-order chi connectivity index (χ1) is 11.6. The fourth-order valence-corrected chi connectivity index (χ4v) is 4.24. The Labute approximate surface area is 148 Å². The first kappa shape index (κ1) is 17.1. The molecule has 1 fully saturated rings. The highest BCUT2D eigenvalue weighted by molar-refractivity contribution is 8.00. The van der Waals surface area contributed by atoms with Crippen LogP contribution in [0.4, 0.5) is 0 Å². The molecule has 2 N–H and O–H groups in total. The van der Waals surface area contributed by atoms with Crippen LogP contribution in [-0.4, -0.2) is 46.9 Å². The number of nitrogens with zero attached hydrogens (tertiary/aromatic N) is 1. The molecule has 6 nitrogen and oxygen atoms in total. The van der Waals surface area contributed by atoms with Crippen molar-refractivity contribution in [1.82, 2.24) is 4.90 Å². The van der Waals surface area contributed by atoms with E-state index in [1.54, 1.807) is 19.2 Å². The zero-order valence-electron chi connectivity index (χ0n) is 13.0. The summed E-state index contributed by atoms with van der Waals surface area (Å²) in [5.74, 6) is 0.646. The molecular weight excluding hydrogens is 352 g/mol. The highest BCUT2D eigenvalue weighted by Crippen LogP contribution is 2.40. The normalized spacial score (nSPS) is 22.8. The SMILES string of the molecule is COc1ccc(COC(=O)C2=C(CCl)CS[C@H]3[C@@H](N)C(=O)N23)cc1. The van der Waals surface area contributed by atoms with Gasteiger partial charge in [-0.25, -0.2) is 4.79 Å². The lowest BCUT2D eigenvalue weighted by atomic mass is 10.0. The van der Waals surface area contributed by atoms with Crippen LogP contribution in [0.25, 0.3) is 0 Å². The average Bonchev–Trinajstić information content (AvgIpc) is 2.64. The van der Waals surface area contributed by atoms with E-state index in [-0.39, 0.29) is 29.5 Å². The number of methoxy groups -OCH3 is 1. The number of fused-ring (bicyclic) bond motifs is 1. The molecule has 0 radical (unpaired) electrons. The minimum atomic E-state index is -0.573. The lowest BCUT2D eigenvalue weighted by Gasteiger charge is -2.48. The maximum atomic E-state index is 12.5. The molecule has 2 aliphatic heterocycles. The Morgan fingerprint density at radius 1 is 1.42 bits per heavy atom. The molecule has 0 spiro atoms. The second kappa shape index (κ2) is 7.04. The van der Waals surface area contributed by atoms with Crippen LogP contribution in [-0.2, 0) is 20.9 Å². The predicted molar refractivity (Wildman–Crippen MR) is 91.6 cm³/mol. The molecule has 1 aromatic carbocycles. The second-order valence-electron chi connectivity index (χ2n) is 5.45. The first-order valence-corrected chi connectivity index (χ1v) is 8.93. The lowest BCUT2D eigenvalue weighted by molar-refractivity contribution is -0.151. The number of esters is 1. The summed E-state index contributed by atoms with van der Waals surface area (Å²) in [6, 6.07) is 6.63. The molecular formula is C16H17ClN2O4S. The monoisotopic (exact) mass is 368 g/mol. The van der Waals surface area contributed by atoms with Crippen LogP contribution in [0.2, 0.25) is 0 Å². The third-order valence-electron chi connectivity index (χ3n) is 3.97. The van der Waals surface area contributed by atoms with Gasteiger partial charge in [0.15, 0.2) is 0 Å². The number of thioether (sulfide) groups is 1. The van der Waals surface area contributed by atoms with Gasteiger partial charge in [-0.15, -0.1) is 23.4 Å². The number of carbonyl (C=O) groups excluding carboxylic acids is 2. The van der Waals surface area contributed by atoms with Gasteiger partial charge in [-0.3, -0.25) is 9.69 Å². The van der Waals surface area contributed by atoms with E-state index >= 15 is 0 Å². The van der Waals surface area contributed by atoms with E-state index in [2.05, 4.69) is 0 Å². The van der Waals surface area contributed by atoms with Crippen LogP contribution in [0.1, 0.15) is 5.56 Å². The van der Waals surface area contributed by atoms with Gasteiger partial charge in [0.2, 0.25) is 5.91 Å². The summed E-state index contributed by atoms with van der Waals surface area (Å²) in [7, 11) is 1.58. The Morgan fingerprint density at radius 2 is 2.12 bits per heavy atom. The summed E-state index contributed by atoms with van der Waals surface area (Å²) in [4.78, 5) is 25.9. The van der Waals surface area contributed by atoms with E-state index in [1.165, 1.54) is 16.7 Å². The van der Waals surface area contributed by atoms with Crippen molar-refractivity contribution in [3.8, 4) is 5.75 Å². The zero-order valence-corrected chi connectivity index (χ0v) is 14.6. The van der Waals surface area contributed by atoms with Crippen molar-refractivity contribution < 1.29 is 19.1 Å². The highest BCUT2D eigenvalue weighted by Gasteiger charge is 2.51. The van der Waals surface area contributed by atoms with Crippen molar-refractivity contribution in [2.75, 3.05) is 18.7 Å². The molecule has 1 aromatic rings. The molecule has 0 aliphatic carbocycles. The number of benzene rings is 1. The van der Waals surface area contributed by atoms with Crippen molar-refractivity contribution in [3.05, 3.63) is 41.1 Å². The van der Waals surface area contributed by atoms with Gasteiger partial charge in [0.05, 0.1) is 7.11 Å². The van der Waals surface area contributed by atoms with Crippen LogP contribution in [0.5, 0.6) is 5.75 Å². The van der Waals surface area contributed by atoms with Crippen molar-refractivity contribution in [2.24, 2.45) is 5.73 Å². The van der Waals surface area contributed by atoms with Crippen molar-refractivity contribution in [3.63, 3.8) is 0 Å². The number of amides is 1. The third kappa shape index (κ3) is 2.99. The molecule has 128 valence electrons. The summed E-state index contributed by atoms with van der Waals surface area (Å²) in [5.41, 5.74) is 7.55. The summed E-state index contributed by atoms with van der Waals surface area (Å²) < 4.78 is 10.5. The number of halogens is 1. The molecule has 0 bridgehead atoms. The summed E-state index contributed by atoms with van der Waals surface area (Å²) >= 11 is 7.44. The zero-order chi connectivity index (χ0) is 17.3. The minimum absolute atomic E-state index is 0.105. The van der Waals surface area contributed by atoms with Gasteiger partial charge in [-0.1, -0.05) is 12.1 Å². The summed E-state index contributed by atoms with van der Waals surface area (Å²) in [5, 5.41) is -0.215. The molecule has 2 heterocycles. The fraction of sp³-hybridized carbons (Fsp3) is 0.375. The molecule has 3 rings (SSSR count). The molecule has 0 saturated carbocycles. The number of nitrogens with two attached hydrogens (primary N) is 1. The molecule has 24 heavy (non-hydrogen) atoms. The Bertz CT molecular complexity index is 692. The van der Waals surface area contributed by atoms with Gasteiger partial charge in [-0.2, -0.15) is 0 Å². The van der Waals surface area contributed by atoms with Crippen molar-refractivity contribution in [1.29, 1.82) is 0 Å². The quantitative estimate of drug-likeness (QED) is 0.481. The van der Waals surface area contributed by atoms with E-state index < -0.39 is 12.0 Å².